The Bertz CT molecular complexity index is 744. The van der Waals surface area contributed by atoms with Crippen molar-refractivity contribution in [1.29, 1.82) is 0 Å². The third-order valence-electron chi connectivity index (χ3n) is 5.52. The summed E-state index contributed by atoms with van der Waals surface area (Å²) in [5.74, 6) is -0.0768. The normalized spacial score (nSPS) is 27.9. The minimum absolute atomic E-state index is 0.0958. The van der Waals surface area contributed by atoms with Gasteiger partial charge in [0.15, 0.2) is 0 Å². The fourth-order valence-corrected chi connectivity index (χ4v) is 4.25. The average Bonchev–Trinajstić information content (AvgIpc) is 2.65. The molecule has 130 valence electrons. The number of pyridine rings is 1. The van der Waals surface area contributed by atoms with Gasteiger partial charge in [-0.05, 0) is 68.1 Å². The van der Waals surface area contributed by atoms with Crippen molar-refractivity contribution in [2.45, 2.75) is 31.3 Å². The number of rotatable bonds is 4. The lowest BCUT2D eigenvalue weighted by Crippen LogP contribution is -2.64. The van der Waals surface area contributed by atoms with Crippen LogP contribution < -0.4 is 5.32 Å². The number of fused-ring (bicyclic) bond motifs is 3. The lowest BCUT2D eigenvalue weighted by atomic mass is 9.76. The molecule has 3 aliphatic rings. The zero-order chi connectivity index (χ0) is 17.2. The topological polar surface area (TPSA) is 45.2 Å². The van der Waals surface area contributed by atoms with Crippen molar-refractivity contribution in [3.63, 3.8) is 0 Å². The summed E-state index contributed by atoms with van der Waals surface area (Å²) in [5.41, 5.74) is 1.57. The maximum Gasteiger partial charge on any atom is 0.251 e. The number of aromatic nitrogens is 1. The van der Waals surface area contributed by atoms with Gasteiger partial charge in [0, 0.05) is 30.0 Å². The smallest absolute Gasteiger partial charge is 0.251 e. The second kappa shape index (κ2) is 6.92. The fourth-order valence-electron chi connectivity index (χ4n) is 4.25. The fraction of sp³-hybridized carbons (Fsp3) is 0.400. The third-order valence-corrected chi connectivity index (χ3v) is 5.52. The van der Waals surface area contributed by atoms with Crippen molar-refractivity contribution in [2.24, 2.45) is 5.92 Å². The van der Waals surface area contributed by atoms with Crippen molar-refractivity contribution in [3.8, 4) is 0 Å². The van der Waals surface area contributed by atoms with Gasteiger partial charge in [-0.2, -0.15) is 0 Å². The van der Waals surface area contributed by atoms with Crippen LogP contribution in [0.25, 0.3) is 0 Å². The second-order valence-corrected chi connectivity index (χ2v) is 7.02. The highest BCUT2D eigenvalue weighted by molar-refractivity contribution is 5.94. The van der Waals surface area contributed by atoms with Gasteiger partial charge in [0.2, 0.25) is 0 Å². The number of hydrogen-bond acceptors (Lipinski definition) is 3. The number of nitrogens with one attached hydrogen (secondary N) is 1. The summed E-state index contributed by atoms with van der Waals surface area (Å²) in [6, 6.07) is 10.3. The van der Waals surface area contributed by atoms with Gasteiger partial charge in [-0.3, -0.25) is 14.7 Å². The molecule has 3 saturated heterocycles. The number of hydrogen-bond donors (Lipinski definition) is 1. The molecule has 0 aliphatic carbocycles. The van der Waals surface area contributed by atoms with Gasteiger partial charge >= 0.3 is 0 Å². The van der Waals surface area contributed by atoms with Crippen LogP contribution in [-0.2, 0) is 6.42 Å². The standard InChI is InChI=1S/C20H22FN3O/c21-17-5-1-4-16(12-17)20(25)23-19-15-6-9-24(10-7-15)18(19)11-14-3-2-8-22-13-14/h1-5,8,12-13,15,18-19H,6-7,9-11H2,(H,23,25). The summed E-state index contributed by atoms with van der Waals surface area (Å²) in [6.07, 6.45) is 6.77. The molecule has 5 rings (SSSR count). The predicted molar refractivity (Wildman–Crippen MR) is 93.7 cm³/mol. The molecule has 1 aromatic heterocycles. The summed E-state index contributed by atoms with van der Waals surface area (Å²) in [6.45, 7) is 2.17. The zero-order valence-corrected chi connectivity index (χ0v) is 14.1. The first-order valence-corrected chi connectivity index (χ1v) is 8.90. The van der Waals surface area contributed by atoms with Crippen molar-refractivity contribution < 1.29 is 9.18 Å². The van der Waals surface area contributed by atoms with E-state index >= 15 is 0 Å². The molecule has 1 amide bonds. The van der Waals surface area contributed by atoms with Crippen molar-refractivity contribution in [2.75, 3.05) is 13.1 Å². The van der Waals surface area contributed by atoms with E-state index in [2.05, 4.69) is 21.3 Å². The Morgan fingerprint density at radius 2 is 2.08 bits per heavy atom. The van der Waals surface area contributed by atoms with Crippen LogP contribution in [0.15, 0.2) is 48.8 Å². The van der Waals surface area contributed by atoms with Crippen LogP contribution >= 0.6 is 0 Å². The summed E-state index contributed by atoms with van der Waals surface area (Å²) < 4.78 is 13.4. The van der Waals surface area contributed by atoms with Crippen LogP contribution in [0.4, 0.5) is 4.39 Å². The molecule has 0 spiro atoms. The highest BCUT2D eigenvalue weighted by Crippen LogP contribution is 2.34. The number of carbonyl (C=O) groups is 1. The van der Waals surface area contributed by atoms with Crippen molar-refractivity contribution in [3.05, 3.63) is 65.7 Å². The first kappa shape index (κ1) is 16.2. The Morgan fingerprint density at radius 3 is 2.80 bits per heavy atom. The Hall–Kier alpha value is -2.27. The van der Waals surface area contributed by atoms with Gasteiger partial charge in [-0.1, -0.05) is 12.1 Å². The van der Waals surface area contributed by atoms with E-state index < -0.39 is 0 Å². The van der Waals surface area contributed by atoms with Crippen molar-refractivity contribution in [1.82, 2.24) is 15.2 Å². The van der Waals surface area contributed by atoms with Gasteiger partial charge in [-0.25, -0.2) is 4.39 Å². The van der Waals surface area contributed by atoms with Gasteiger partial charge < -0.3 is 5.32 Å². The van der Waals surface area contributed by atoms with E-state index in [0.717, 1.165) is 32.4 Å². The van der Waals surface area contributed by atoms with E-state index in [1.165, 1.54) is 17.7 Å². The summed E-state index contributed by atoms with van der Waals surface area (Å²) in [5, 5.41) is 3.20. The summed E-state index contributed by atoms with van der Waals surface area (Å²) in [7, 11) is 0. The molecule has 5 heteroatoms. The molecule has 3 aliphatic heterocycles. The van der Waals surface area contributed by atoms with E-state index in [1.54, 1.807) is 18.3 Å². The molecule has 0 saturated carbocycles. The Balaban J connectivity index is 1.54. The molecule has 25 heavy (non-hydrogen) atoms. The Morgan fingerprint density at radius 1 is 1.24 bits per heavy atom. The SMILES string of the molecule is O=C(NC1C2CCN(CC2)C1Cc1cccnc1)c1cccc(F)c1. The van der Waals surface area contributed by atoms with Crippen LogP contribution in [-0.4, -0.2) is 41.0 Å². The second-order valence-electron chi connectivity index (χ2n) is 7.02. The molecule has 4 nitrogen and oxygen atoms in total. The minimum atomic E-state index is -0.381. The van der Waals surface area contributed by atoms with E-state index in [9.17, 15) is 9.18 Å². The Labute approximate surface area is 147 Å². The van der Waals surface area contributed by atoms with Gasteiger partial charge in [0.05, 0.1) is 0 Å². The van der Waals surface area contributed by atoms with Crippen molar-refractivity contribution >= 4 is 5.91 Å². The monoisotopic (exact) mass is 339 g/mol. The molecule has 1 aromatic carbocycles. The third kappa shape index (κ3) is 3.42. The molecule has 1 N–H and O–H groups in total. The average molecular weight is 339 g/mol. The van der Waals surface area contributed by atoms with Gasteiger partial charge in [-0.15, -0.1) is 0 Å². The van der Waals surface area contributed by atoms with E-state index in [-0.39, 0.29) is 23.8 Å². The minimum Gasteiger partial charge on any atom is -0.347 e. The highest BCUT2D eigenvalue weighted by Gasteiger charge is 2.42. The predicted octanol–water partition coefficient (Wildman–Crippen LogP) is 2.66. The van der Waals surface area contributed by atoms with Crippen LogP contribution in [0.2, 0.25) is 0 Å². The van der Waals surface area contributed by atoms with Crippen LogP contribution in [0.3, 0.4) is 0 Å². The number of amides is 1. The molecule has 2 atom stereocenters. The molecule has 4 heterocycles. The first-order valence-electron chi connectivity index (χ1n) is 8.90. The number of piperidine rings is 3. The van der Waals surface area contributed by atoms with Crippen LogP contribution in [0, 0.1) is 11.7 Å². The molecule has 2 bridgehead atoms. The quantitative estimate of drug-likeness (QED) is 0.931. The maximum atomic E-state index is 13.4. The lowest BCUT2D eigenvalue weighted by Gasteiger charge is -2.51. The largest absolute Gasteiger partial charge is 0.347 e. The number of nitrogens with zero attached hydrogens (tertiary/aromatic N) is 2. The van der Waals surface area contributed by atoms with E-state index in [1.807, 2.05) is 12.3 Å². The number of carbonyl (C=O) groups excluding carboxylic acids is 1. The van der Waals surface area contributed by atoms with Crippen LogP contribution in [0.5, 0.6) is 0 Å². The first-order chi connectivity index (χ1) is 12.2. The molecule has 0 radical (unpaired) electrons. The molecular weight excluding hydrogens is 317 g/mol. The maximum absolute atomic E-state index is 13.4. The molecular formula is C20H22FN3O. The van der Waals surface area contributed by atoms with E-state index in [4.69, 9.17) is 0 Å². The molecule has 2 unspecified atom stereocenters. The molecule has 3 fully saturated rings. The lowest BCUT2D eigenvalue weighted by molar-refractivity contribution is 0.0136. The number of benzene rings is 1. The van der Waals surface area contributed by atoms with Gasteiger partial charge in [0.25, 0.3) is 5.91 Å². The summed E-state index contributed by atoms with van der Waals surface area (Å²) in [4.78, 5) is 19.3. The highest BCUT2D eigenvalue weighted by atomic mass is 19.1. The van der Waals surface area contributed by atoms with Gasteiger partial charge in [0.1, 0.15) is 5.82 Å². The summed E-state index contributed by atoms with van der Waals surface area (Å²) >= 11 is 0. The molecule has 2 aromatic rings. The Kier molecular flexibility index (Phi) is 4.49. The zero-order valence-electron chi connectivity index (χ0n) is 14.1. The van der Waals surface area contributed by atoms with E-state index in [0.29, 0.717) is 11.5 Å². The van der Waals surface area contributed by atoms with Crippen LogP contribution in [0.1, 0.15) is 28.8 Å². The number of halogens is 1.